The molecule has 0 saturated carbocycles. The van der Waals surface area contributed by atoms with Gasteiger partial charge < -0.3 is 21.5 Å². The third kappa shape index (κ3) is 3.67. The number of methoxy groups -OCH3 is 1. The molecule has 0 spiro atoms. The zero-order valence-corrected chi connectivity index (χ0v) is 9.53. The fourth-order valence-corrected chi connectivity index (χ4v) is 1.27. The number of benzene rings is 1. The minimum absolute atomic E-state index is 0.196. The molecule has 1 aromatic carbocycles. The maximum atomic E-state index is 11.3. The van der Waals surface area contributed by atoms with Crippen molar-refractivity contribution in [1.82, 2.24) is 0 Å². The van der Waals surface area contributed by atoms with Crippen LogP contribution in [0.1, 0.15) is 16.8 Å². The second-order valence-electron chi connectivity index (χ2n) is 3.44. The number of nitrogen functional groups attached to an aromatic ring is 1. The lowest BCUT2D eigenvalue weighted by molar-refractivity contribution is -0.117. The number of ether oxygens (including phenoxy) is 1. The first-order valence-corrected chi connectivity index (χ1v) is 5.04. The van der Waals surface area contributed by atoms with Crippen molar-refractivity contribution in [2.24, 2.45) is 5.73 Å². The highest BCUT2D eigenvalue weighted by Gasteiger charge is 2.08. The molecule has 0 saturated heterocycles. The molecule has 92 valence electrons. The number of nitrogens with two attached hydrogens (primary N) is 2. The highest BCUT2D eigenvalue weighted by atomic mass is 16.5. The van der Waals surface area contributed by atoms with Crippen LogP contribution < -0.4 is 16.8 Å². The molecule has 0 bridgehead atoms. The second-order valence-corrected chi connectivity index (χ2v) is 3.44. The summed E-state index contributed by atoms with van der Waals surface area (Å²) in [5.41, 5.74) is 12.2. The fourth-order valence-electron chi connectivity index (χ4n) is 1.27. The van der Waals surface area contributed by atoms with Gasteiger partial charge >= 0.3 is 5.97 Å². The van der Waals surface area contributed by atoms with Crippen molar-refractivity contribution in [2.75, 3.05) is 24.7 Å². The molecule has 6 heteroatoms. The van der Waals surface area contributed by atoms with Crippen LogP contribution in [0, 0.1) is 0 Å². The van der Waals surface area contributed by atoms with Crippen LogP contribution in [0.3, 0.4) is 0 Å². The summed E-state index contributed by atoms with van der Waals surface area (Å²) in [5, 5.41) is 2.93. The Morgan fingerprint density at radius 2 is 2.12 bits per heavy atom. The van der Waals surface area contributed by atoms with Gasteiger partial charge in [-0.2, -0.15) is 0 Å². The van der Waals surface area contributed by atoms with Crippen molar-refractivity contribution in [2.45, 2.75) is 6.42 Å². The molecule has 0 aliphatic heterocycles. The summed E-state index contributed by atoms with van der Waals surface area (Å²) in [6.45, 7) is 0.365. The minimum atomic E-state index is -0.442. The van der Waals surface area contributed by atoms with Crippen LogP contribution in [0.5, 0.6) is 0 Å². The highest BCUT2D eigenvalue weighted by molar-refractivity contribution is 5.92. The predicted octanol–water partition coefficient (Wildman–Crippen LogP) is 0.343. The van der Waals surface area contributed by atoms with E-state index in [1.807, 2.05) is 0 Å². The molecule has 17 heavy (non-hydrogen) atoms. The fraction of sp³-hybridized carbons (Fsp3) is 0.273. The van der Waals surface area contributed by atoms with Gasteiger partial charge in [-0.3, -0.25) is 4.79 Å². The number of esters is 1. The first-order valence-electron chi connectivity index (χ1n) is 5.04. The van der Waals surface area contributed by atoms with Crippen molar-refractivity contribution in [1.29, 1.82) is 0 Å². The summed E-state index contributed by atoms with van der Waals surface area (Å²) < 4.78 is 4.59. The Morgan fingerprint density at radius 3 is 2.71 bits per heavy atom. The van der Waals surface area contributed by atoms with Crippen LogP contribution in [-0.2, 0) is 9.53 Å². The molecular formula is C11H15N3O3. The molecule has 1 rings (SSSR count). The van der Waals surface area contributed by atoms with E-state index >= 15 is 0 Å². The summed E-state index contributed by atoms with van der Waals surface area (Å²) >= 11 is 0. The molecule has 0 atom stereocenters. The van der Waals surface area contributed by atoms with Crippen LogP contribution in [0.2, 0.25) is 0 Å². The average molecular weight is 237 g/mol. The van der Waals surface area contributed by atoms with E-state index in [9.17, 15) is 9.59 Å². The Hall–Kier alpha value is -2.24. The van der Waals surface area contributed by atoms with E-state index in [2.05, 4.69) is 10.1 Å². The third-order valence-electron chi connectivity index (χ3n) is 2.16. The molecule has 5 N–H and O–H groups in total. The third-order valence-corrected chi connectivity index (χ3v) is 2.16. The van der Waals surface area contributed by atoms with Gasteiger partial charge in [-0.15, -0.1) is 0 Å². The van der Waals surface area contributed by atoms with Gasteiger partial charge in [0, 0.05) is 13.0 Å². The quantitative estimate of drug-likeness (QED) is 0.505. The largest absolute Gasteiger partial charge is 0.465 e. The standard InChI is InChI=1S/C11H15N3O3/c1-17-11(16)7-2-3-8(12)9(6-7)14-5-4-10(13)15/h2-3,6,14H,4-5,12H2,1H3,(H2,13,15). The van der Waals surface area contributed by atoms with E-state index in [-0.39, 0.29) is 6.42 Å². The number of rotatable bonds is 5. The van der Waals surface area contributed by atoms with Gasteiger partial charge in [-0.25, -0.2) is 4.79 Å². The maximum absolute atomic E-state index is 11.3. The van der Waals surface area contributed by atoms with E-state index < -0.39 is 11.9 Å². The summed E-state index contributed by atoms with van der Waals surface area (Å²) in [6.07, 6.45) is 0.196. The molecule has 0 fully saturated rings. The normalized spacial score (nSPS) is 9.71. The van der Waals surface area contributed by atoms with Gasteiger partial charge in [0.2, 0.25) is 5.91 Å². The Morgan fingerprint density at radius 1 is 1.41 bits per heavy atom. The van der Waals surface area contributed by atoms with Gasteiger partial charge in [0.15, 0.2) is 0 Å². The lowest BCUT2D eigenvalue weighted by Gasteiger charge is -2.09. The molecule has 0 radical (unpaired) electrons. The molecule has 1 amide bonds. The van der Waals surface area contributed by atoms with Gasteiger partial charge in [-0.05, 0) is 18.2 Å². The summed E-state index contributed by atoms with van der Waals surface area (Å²) in [7, 11) is 1.30. The van der Waals surface area contributed by atoms with Crippen LogP contribution in [0.15, 0.2) is 18.2 Å². The molecule has 0 aliphatic carbocycles. The van der Waals surface area contributed by atoms with Gasteiger partial charge in [0.05, 0.1) is 24.0 Å². The highest BCUT2D eigenvalue weighted by Crippen LogP contribution is 2.20. The smallest absolute Gasteiger partial charge is 0.337 e. The van der Waals surface area contributed by atoms with E-state index in [4.69, 9.17) is 11.5 Å². The number of anilines is 2. The van der Waals surface area contributed by atoms with Crippen LogP contribution in [0.4, 0.5) is 11.4 Å². The van der Waals surface area contributed by atoms with Crippen LogP contribution >= 0.6 is 0 Å². The molecule has 0 aromatic heterocycles. The Labute approximate surface area is 98.9 Å². The zero-order valence-electron chi connectivity index (χ0n) is 9.53. The van der Waals surface area contributed by atoms with Gasteiger partial charge in [0.1, 0.15) is 0 Å². The molecular weight excluding hydrogens is 222 g/mol. The molecule has 0 aliphatic rings. The second kappa shape index (κ2) is 5.74. The number of carbonyl (C=O) groups excluding carboxylic acids is 2. The summed E-state index contributed by atoms with van der Waals surface area (Å²) in [6, 6.07) is 4.74. The van der Waals surface area contributed by atoms with Crippen LogP contribution in [0.25, 0.3) is 0 Å². The lowest BCUT2D eigenvalue weighted by atomic mass is 10.1. The first-order chi connectivity index (χ1) is 8.04. The molecule has 0 unspecified atom stereocenters. The maximum Gasteiger partial charge on any atom is 0.337 e. The average Bonchev–Trinajstić information content (AvgIpc) is 2.30. The minimum Gasteiger partial charge on any atom is -0.465 e. The van der Waals surface area contributed by atoms with Crippen molar-refractivity contribution in [3.63, 3.8) is 0 Å². The van der Waals surface area contributed by atoms with E-state index in [0.29, 0.717) is 23.5 Å². The Kier molecular flexibility index (Phi) is 4.33. The van der Waals surface area contributed by atoms with Gasteiger partial charge in [0.25, 0.3) is 0 Å². The number of carbonyl (C=O) groups is 2. The number of hydrogen-bond donors (Lipinski definition) is 3. The lowest BCUT2D eigenvalue weighted by Crippen LogP contribution is -2.16. The zero-order chi connectivity index (χ0) is 12.8. The van der Waals surface area contributed by atoms with E-state index in [1.54, 1.807) is 18.2 Å². The van der Waals surface area contributed by atoms with Gasteiger partial charge in [-0.1, -0.05) is 0 Å². The van der Waals surface area contributed by atoms with E-state index in [1.165, 1.54) is 7.11 Å². The van der Waals surface area contributed by atoms with Crippen molar-refractivity contribution < 1.29 is 14.3 Å². The molecule has 0 heterocycles. The van der Waals surface area contributed by atoms with Crippen molar-refractivity contribution in [3.8, 4) is 0 Å². The Bertz CT molecular complexity index is 432. The first kappa shape index (κ1) is 12.8. The molecule has 1 aromatic rings. The summed E-state index contributed by atoms with van der Waals surface area (Å²) in [5.74, 6) is -0.844. The number of amides is 1. The number of primary amides is 1. The monoisotopic (exact) mass is 237 g/mol. The topological polar surface area (TPSA) is 107 Å². The van der Waals surface area contributed by atoms with Crippen LogP contribution in [-0.4, -0.2) is 25.5 Å². The number of hydrogen-bond acceptors (Lipinski definition) is 5. The number of nitrogens with one attached hydrogen (secondary N) is 1. The van der Waals surface area contributed by atoms with Crippen molar-refractivity contribution in [3.05, 3.63) is 23.8 Å². The summed E-state index contributed by atoms with van der Waals surface area (Å²) in [4.78, 5) is 21.9. The molecule has 6 nitrogen and oxygen atoms in total. The SMILES string of the molecule is COC(=O)c1ccc(N)c(NCCC(N)=O)c1. The Balaban J connectivity index is 2.76. The predicted molar refractivity (Wildman–Crippen MR) is 64.5 cm³/mol. The van der Waals surface area contributed by atoms with Crippen molar-refractivity contribution >= 4 is 23.3 Å². The van der Waals surface area contributed by atoms with E-state index in [0.717, 1.165) is 0 Å².